The zero-order valence-corrected chi connectivity index (χ0v) is 10.2. The highest BCUT2D eigenvalue weighted by Crippen LogP contribution is 2.31. The number of aromatic carboxylic acids is 1. The van der Waals surface area contributed by atoms with Crippen molar-refractivity contribution in [2.24, 2.45) is 0 Å². The molecule has 4 heteroatoms. The van der Waals surface area contributed by atoms with Gasteiger partial charge in [-0.3, -0.25) is 0 Å². The van der Waals surface area contributed by atoms with Crippen molar-refractivity contribution in [3.8, 4) is 0 Å². The number of carbonyl (C=O) groups is 1. The van der Waals surface area contributed by atoms with E-state index in [1.807, 2.05) is 18.2 Å². The monoisotopic (exact) mass is 290 g/mol. The Morgan fingerprint density at radius 1 is 1.06 bits per heavy atom. The van der Waals surface area contributed by atoms with Crippen molar-refractivity contribution in [2.75, 3.05) is 0 Å². The van der Waals surface area contributed by atoms with Crippen molar-refractivity contribution in [3.05, 3.63) is 46.4 Å². The van der Waals surface area contributed by atoms with Gasteiger partial charge in [-0.25, -0.2) is 4.79 Å². The molecule has 0 unspecified atom stereocenters. The first kappa shape index (κ1) is 10.4. The molecule has 0 atom stereocenters. The Bertz CT molecular complexity index is 743. The Labute approximate surface area is 105 Å². The van der Waals surface area contributed by atoms with Crippen LogP contribution in [0.15, 0.2) is 45.3 Å². The number of carboxylic acids is 1. The fraction of sp³-hybridized carbons (Fsp3) is 0. The number of furan rings is 1. The van der Waals surface area contributed by atoms with Crippen LogP contribution in [0.4, 0.5) is 0 Å². The van der Waals surface area contributed by atoms with Crippen LogP contribution in [-0.4, -0.2) is 11.1 Å². The zero-order chi connectivity index (χ0) is 12.0. The molecule has 2 aromatic carbocycles. The molecule has 1 heterocycles. The van der Waals surface area contributed by atoms with Gasteiger partial charge in [-0.05, 0) is 36.4 Å². The average molecular weight is 291 g/mol. The van der Waals surface area contributed by atoms with Gasteiger partial charge in [0.25, 0.3) is 0 Å². The second-order valence-electron chi connectivity index (χ2n) is 3.76. The lowest BCUT2D eigenvalue weighted by Gasteiger charge is -1.93. The van der Waals surface area contributed by atoms with Crippen molar-refractivity contribution in [1.29, 1.82) is 0 Å². The molecule has 0 aliphatic rings. The Kier molecular flexibility index (Phi) is 2.19. The van der Waals surface area contributed by atoms with Gasteiger partial charge in [0.15, 0.2) is 0 Å². The van der Waals surface area contributed by atoms with Crippen molar-refractivity contribution in [2.45, 2.75) is 0 Å². The van der Waals surface area contributed by atoms with Crippen LogP contribution in [0.1, 0.15) is 10.4 Å². The molecule has 0 saturated heterocycles. The van der Waals surface area contributed by atoms with Crippen LogP contribution in [0, 0.1) is 0 Å². The molecule has 0 bridgehead atoms. The molecule has 0 aliphatic carbocycles. The van der Waals surface area contributed by atoms with Crippen molar-refractivity contribution < 1.29 is 14.3 Å². The molecule has 3 nitrogen and oxygen atoms in total. The molecule has 1 N–H and O–H groups in total. The molecule has 0 saturated carbocycles. The smallest absolute Gasteiger partial charge is 0.335 e. The number of carboxylic acid groups (broad SMARTS) is 1. The minimum Gasteiger partial charge on any atom is -0.478 e. The standard InChI is InChI=1S/C13H7BrO3/c14-8-2-4-10-9-3-1-7(13(15)16)5-11(9)17-12(10)6-8/h1-6H,(H,15,16). The van der Waals surface area contributed by atoms with E-state index >= 15 is 0 Å². The van der Waals surface area contributed by atoms with Crippen LogP contribution in [0.5, 0.6) is 0 Å². The highest BCUT2D eigenvalue weighted by Gasteiger charge is 2.10. The summed E-state index contributed by atoms with van der Waals surface area (Å²) in [6.07, 6.45) is 0. The quantitative estimate of drug-likeness (QED) is 0.736. The Balaban J connectivity index is 2.38. The third-order valence-corrected chi connectivity index (χ3v) is 3.18. The number of hydrogen-bond donors (Lipinski definition) is 1. The van der Waals surface area contributed by atoms with Gasteiger partial charge in [0.1, 0.15) is 11.2 Å². The number of halogens is 1. The Hall–Kier alpha value is -1.81. The van der Waals surface area contributed by atoms with Gasteiger partial charge in [0.2, 0.25) is 0 Å². The highest BCUT2D eigenvalue weighted by molar-refractivity contribution is 9.10. The van der Waals surface area contributed by atoms with Crippen molar-refractivity contribution in [1.82, 2.24) is 0 Å². The summed E-state index contributed by atoms with van der Waals surface area (Å²) in [7, 11) is 0. The lowest BCUT2D eigenvalue weighted by Crippen LogP contribution is -1.94. The average Bonchev–Trinajstić information content (AvgIpc) is 2.64. The minimum atomic E-state index is -0.950. The van der Waals surface area contributed by atoms with Crippen LogP contribution in [0.3, 0.4) is 0 Å². The number of fused-ring (bicyclic) bond motifs is 3. The van der Waals surface area contributed by atoms with Gasteiger partial charge in [0, 0.05) is 15.2 Å². The molecule has 0 amide bonds. The summed E-state index contributed by atoms with van der Waals surface area (Å²) < 4.78 is 6.56. The summed E-state index contributed by atoms with van der Waals surface area (Å²) in [5.41, 5.74) is 1.57. The number of hydrogen-bond acceptors (Lipinski definition) is 2. The van der Waals surface area contributed by atoms with Crippen LogP contribution >= 0.6 is 15.9 Å². The zero-order valence-electron chi connectivity index (χ0n) is 8.61. The third kappa shape index (κ3) is 1.61. The first-order chi connectivity index (χ1) is 8.15. The highest BCUT2D eigenvalue weighted by atomic mass is 79.9. The van der Waals surface area contributed by atoms with E-state index in [4.69, 9.17) is 9.52 Å². The van der Waals surface area contributed by atoms with Gasteiger partial charge in [-0.2, -0.15) is 0 Å². The lowest BCUT2D eigenvalue weighted by atomic mass is 10.1. The fourth-order valence-electron chi connectivity index (χ4n) is 1.88. The Morgan fingerprint density at radius 3 is 2.41 bits per heavy atom. The summed E-state index contributed by atoms with van der Waals surface area (Å²) in [6.45, 7) is 0. The summed E-state index contributed by atoms with van der Waals surface area (Å²) in [4.78, 5) is 10.9. The van der Waals surface area contributed by atoms with Crippen LogP contribution < -0.4 is 0 Å². The van der Waals surface area contributed by atoms with E-state index in [0.29, 0.717) is 5.58 Å². The molecule has 0 aliphatic heterocycles. The third-order valence-electron chi connectivity index (χ3n) is 2.68. The second kappa shape index (κ2) is 3.60. The van der Waals surface area contributed by atoms with Gasteiger partial charge in [-0.1, -0.05) is 15.9 Å². The largest absolute Gasteiger partial charge is 0.478 e. The lowest BCUT2D eigenvalue weighted by molar-refractivity contribution is 0.0697. The molecular weight excluding hydrogens is 284 g/mol. The van der Waals surface area contributed by atoms with Crippen LogP contribution in [0.25, 0.3) is 21.9 Å². The predicted molar refractivity (Wildman–Crippen MR) is 68.4 cm³/mol. The maximum atomic E-state index is 10.9. The maximum absolute atomic E-state index is 10.9. The van der Waals surface area contributed by atoms with Gasteiger partial charge in [-0.15, -0.1) is 0 Å². The topological polar surface area (TPSA) is 50.4 Å². The van der Waals surface area contributed by atoms with Gasteiger partial charge < -0.3 is 9.52 Å². The summed E-state index contributed by atoms with van der Waals surface area (Å²) >= 11 is 3.37. The summed E-state index contributed by atoms with van der Waals surface area (Å²) in [6, 6.07) is 10.7. The predicted octanol–water partition coefficient (Wildman–Crippen LogP) is 4.05. The first-order valence-electron chi connectivity index (χ1n) is 5.00. The molecule has 3 rings (SSSR count). The van der Waals surface area contributed by atoms with E-state index in [2.05, 4.69) is 15.9 Å². The molecule has 1 aromatic heterocycles. The van der Waals surface area contributed by atoms with E-state index in [1.54, 1.807) is 18.2 Å². The van der Waals surface area contributed by atoms with E-state index in [-0.39, 0.29) is 5.56 Å². The number of benzene rings is 2. The normalized spacial score (nSPS) is 11.1. The van der Waals surface area contributed by atoms with Crippen LogP contribution in [0.2, 0.25) is 0 Å². The van der Waals surface area contributed by atoms with Crippen LogP contribution in [-0.2, 0) is 0 Å². The maximum Gasteiger partial charge on any atom is 0.335 e. The van der Waals surface area contributed by atoms with E-state index in [1.165, 1.54) is 0 Å². The first-order valence-corrected chi connectivity index (χ1v) is 5.79. The van der Waals surface area contributed by atoms with Gasteiger partial charge >= 0.3 is 5.97 Å². The minimum absolute atomic E-state index is 0.232. The molecule has 17 heavy (non-hydrogen) atoms. The van der Waals surface area contributed by atoms with E-state index < -0.39 is 5.97 Å². The molecular formula is C13H7BrO3. The number of rotatable bonds is 1. The molecule has 0 radical (unpaired) electrons. The second-order valence-corrected chi connectivity index (χ2v) is 4.67. The van der Waals surface area contributed by atoms with E-state index in [9.17, 15) is 4.79 Å². The summed E-state index contributed by atoms with van der Waals surface area (Å²) in [5.74, 6) is -0.950. The Morgan fingerprint density at radius 2 is 1.71 bits per heavy atom. The molecule has 0 fully saturated rings. The van der Waals surface area contributed by atoms with E-state index in [0.717, 1.165) is 20.8 Å². The molecule has 84 valence electrons. The summed E-state index contributed by atoms with van der Waals surface area (Å²) in [5, 5.41) is 10.8. The van der Waals surface area contributed by atoms with Crippen molar-refractivity contribution in [3.63, 3.8) is 0 Å². The fourth-order valence-corrected chi connectivity index (χ4v) is 2.22. The van der Waals surface area contributed by atoms with Crippen molar-refractivity contribution >= 4 is 43.8 Å². The molecule has 0 spiro atoms. The SMILES string of the molecule is O=C(O)c1ccc2c(c1)oc1cc(Br)ccc12. The van der Waals surface area contributed by atoms with Gasteiger partial charge in [0.05, 0.1) is 5.56 Å². The molecule has 3 aromatic rings.